The Labute approximate surface area is 136 Å². The summed E-state index contributed by atoms with van der Waals surface area (Å²) in [5.41, 5.74) is 2.80. The summed E-state index contributed by atoms with van der Waals surface area (Å²) in [6.45, 7) is 6.43. The fraction of sp³-hybridized carbons (Fsp3) is 0.471. The number of amides is 1. The second kappa shape index (κ2) is 8.31. The largest absolute Gasteiger partial charge is 0.376 e. The Morgan fingerprint density at radius 2 is 2.13 bits per heavy atom. The smallest absolute Gasteiger partial charge is 0.245 e. The summed E-state index contributed by atoms with van der Waals surface area (Å²) >= 11 is 0. The normalized spacial score (nSPS) is 10.6. The highest BCUT2D eigenvalue weighted by Crippen LogP contribution is 2.21. The molecule has 2 aromatic rings. The highest BCUT2D eigenvalue weighted by atomic mass is 16.5. The standard InChI is InChI=1S/C17H24N4O2/c1-4-6-7-15-20-17(23-21-15)11-18-14-10-13(9-8-12(14)3)19-16(22)5-2/h8-10,18H,4-7,11H2,1-3H3,(H,19,22). The molecule has 1 aromatic heterocycles. The molecule has 0 bridgehead atoms. The number of anilines is 2. The summed E-state index contributed by atoms with van der Waals surface area (Å²) in [4.78, 5) is 15.8. The van der Waals surface area contributed by atoms with E-state index in [1.54, 1.807) is 0 Å². The van der Waals surface area contributed by atoms with Crippen LogP contribution in [0.2, 0.25) is 0 Å². The van der Waals surface area contributed by atoms with E-state index in [0.29, 0.717) is 18.9 Å². The van der Waals surface area contributed by atoms with Crippen LogP contribution in [0.3, 0.4) is 0 Å². The van der Waals surface area contributed by atoms with Gasteiger partial charge in [0.25, 0.3) is 0 Å². The molecule has 23 heavy (non-hydrogen) atoms. The van der Waals surface area contributed by atoms with Crippen molar-refractivity contribution in [3.8, 4) is 0 Å². The number of carbonyl (C=O) groups excluding carboxylic acids is 1. The van der Waals surface area contributed by atoms with Gasteiger partial charge in [-0.25, -0.2) is 0 Å². The zero-order chi connectivity index (χ0) is 16.7. The highest BCUT2D eigenvalue weighted by Gasteiger charge is 2.07. The predicted octanol–water partition coefficient (Wildman–Crippen LogP) is 3.68. The molecule has 0 saturated carbocycles. The van der Waals surface area contributed by atoms with E-state index in [1.807, 2.05) is 32.0 Å². The van der Waals surface area contributed by atoms with E-state index < -0.39 is 0 Å². The maximum Gasteiger partial charge on any atom is 0.245 e. The number of aryl methyl sites for hydroxylation is 2. The van der Waals surface area contributed by atoms with Gasteiger partial charge in [0.1, 0.15) is 0 Å². The molecule has 1 aromatic carbocycles. The van der Waals surface area contributed by atoms with Gasteiger partial charge in [-0.05, 0) is 31.0 Å². The van der Waals surface area contributed by atoms with Crippen LogP contribution >= 0.6 is 0 Å². The molecule has 0 unspecified atom stereocenters. The molecule has 6 heteroatoms. The molecule has 0 atom stereocenters. The molecule has 1 heterocycles. The maximum atomic E-state index is 11.5. The Morgan fingerprint density at radius 3 is 2.87 bits per heavy atom. The van der Waals surface area contributed by atoms with Gasteiger partial charge >= 0.3 is 0 Å². The lowest BCUT2D eigenvalue weighted by Gasteiger charge is -2.10. The van der Waals surface area contributed by atoms with Gasteiger partial charge in [0, 0.05) is 24.2 Å². The molecule has 0 saturated heterocycles. The fourth-order valence-electron chi connectivity index (χ4n) is 2.11. The monoisotopic (exact) mass is 316 g/mol. The summed E-state index contributed by atoms with van der Waals surface area (Å²) in [6.07, 6.45) is 3.47. The number of aromatic nitrogens is 2. The lowest BCUT2D eigenvalue weighted by Crippen LogP contribution is -2.10. The van der Waals surface area contributed by atoms with Gasteiger partial charge in [0.05, 0.1) is 6.54 Å². The van der Waals surface area contributed by atoms with E-state index in [4.69, 9.17) is 4.52 Å². The minimum atomic E-state index is -0.00253. The van der Waals surface area contributed by atoms with Gasteiger partial charge in [0.15, 0.2) is 5.82 Å². The van der Waals surface area contributed by atoms with Gasteiger partial charge in [-0.2, -0.15) is 4.98 Å². The lowest BCUT2D eigenvalue weighted by molar-refractivity contribution is -0.115. The van der Waals surface area contributed by atoms with Crippen LogP contribution in [-0.4, -0.2) is 16.0 Å². The number of unbranched alkanes of at least 4 members (excludes halogenated alkanes) is 1. The van der Waals surface area contributed by atoms with Crippen molar-refractivity contribution >= 4 is 17.3 Å². The van der Waals surface area contributed by atoms with Crippen molar-refractivity contribution in [3.63, 3.8) is 0 Å². The first-order valence-corrected chi connectivity index (χ1v) is 8.08. The van der Waals surface area contributed by atoms with Crippen molar-refractivity contribution in [1.82, 2.24) is 10.1 Å². The van der Waals surface area contributed by atoms with Gasteiger partial charge < -0.3 is 15.2 Å². The maximum absolute atomic E-state index is 11.5. The summed E-state index contributed by atoms with van der Waals surface area (Å²) in [7, 11) is 0. The molecule has 124 valence electrons. The fourth-order valence-corrected chi connectivity index (χ4v) is 2.11. The Morgan fingerprint density at radius 1 is 1.30 bits per heavy atom. The molecule has 0 spiro atoms. The Balaban J connectivity index is 1.97. The summed E-state index contributed by atoms with van der Waals surface area (Å²) in [5.74, 6) is 1.32. The number of hydrogen-bond donors (Lipinski definition) is 2. The lowest BCUT2D eigenvalue weighted by atomic mass is 10.1. The molecular weight excluding hydrogens is 292 g/mol. The molecule has 0 fully saturated rings. The number of nitrogens with one attached hydrogen (secondary N) is 2. The first kappa shape index (κ1) is 17.0. The van der Waals surface area contributed by atoms with Crippen LogP contribution in [0, 0.1) is 6.92 Å². The van der Waals surface area contributed by atoms with Crippen LogP contribution in [0.1, 0.15) is 50.4 Å². The molecule has 2 rings (SSSR count). The first-order chi connectivity index (χ1) is 11.1. The molecule has 0 aliphatic heterocycles. The second-order valence-corrected chi connectivity index (χ2v) is 5.49. The van der Waals surface area contributed by atoms with Crippen LogP contribution in [0.5, 0.6) is 0 Å². The minimum absolute atomic E-state index is 0.00253. The third kappa shape index (κ3) is 5.09. The third-order valence-corrected chi connectivity index (χ3v) is 3.54. The van der Waals surface area contributed by atoms with Crippen LogP contribution in [0.25, 0.3) is 0 Å². The summed E-state index contributed by atoms with van der Waals surface area (Å²) in [5, 5.41) is 10.1. The zero-order valence-electron chi connectivity index (χ0n) is 14.0. The zero-order valence-corrected chi connectivity index (χ0v) is 14.0. The molecule has 0 aliphatic carbocycles. The van der Waals surface area contributed by atoms with Crippen molar-refractivity contribution in [2.75, 3.05) is 10.6 Å². The summed E-state index contributed by atoms with van der Waals surface area (Å²) in [6, 6.07) is 5.77. The third-order valence-electron chi connectivity index (χ3n) is 3.54. The Kier molecular flexibility index (Phi) is 6.14. The van der Waals surface area contributed by atoms with Gasteiger partial charge in [-0.1, -0.05) is 31.5 Å². The summed E-state index contributed by atoms with van der Waals surface area (Å²) < 4.78 is 5.24. The van der Waals surface area contributed by atoms with E-state index in [2.05, 4.69) is 27.7 Å². The van der Waals surface area contributed by atoms with Crippen LogP contribution in [-0.2, 0) is 17.8 Å². The molecule has 2 N–H and O–H groups in total. The van der Waals surface area contributed by atoms with Gasteiger partial charge in [-0.15, -0.1) is 0 Å². The number of nitrogens with zero attached hydrogens (tertiary/aromatic N) is 2. The number of hydrogen-bond acceptors (Lipinski definition) is 5. The molecular formula is C17H24N4O2. The van der Waals surface area contributed by atoms with Gasteiger partial charge in [-0.3, -0.25) is 4.79 Å². The van der Waals surface area contributed by atoms with Crippen molar-refractivity contribution in [1.29, 1.82) is 0 Å². The SMILES string of the molecule is CCCCc1noc(CNc2cc(NC(=O)CC)ccc2C)n1. The average Bonchev–Trinajstić information content (AvgIpc) is 3.01. The molecule has 1 amide bonds. The van der Waals surface area contributed by atoms with Crippen molar-refractivity contribution < 1.29 is 9.32 Å². The molecule has 6 nitrogen and oxygen atoms in total. The van der Waals surface area contributed by atoms with Crippen LogP contribution in [0.4, 0.5) is 11.4 Å². The number of rotatable bonds is 8. The van der Waals surface area contributed by atoms with Crippen molar-refractivity contribution in [2.24, 2.45) is 0 Å². The van der Waals surface area contributed by atoms with Crippen LogP contribution < -0.4 is 10.6 Å². The van der Waals surface area contributed by atoms with Gasteiger partial charge in [0.2, 0.25) is 11.8 Å². The van der Waals surface area contributed by atoms with E-state index in [-0.39, 0.29) is 5.91 Å². The Bertz CT molecular complexity index is 652. The first-order valence-electron chi connectivity index (χ1n) is 8.08. The Hall–Kier alpha value is -2.37. The number of benzene rings is 1. The second-order valence-electron chi connectivity index (χ2n) is 5.49. The molecule has 0 radical (unpaired) electrons. The minimum Gasteiger partial charge on any atom is -0.376 e. The number of carbonyl (C=O) groups is 1. The van der Waals surface area contributed by atoms with E-state index in [0.717, 1.165) is 42.0 Å². The quantitative estimate of drug-likeness (QED) is 0.776. The van der Waals surface area contributed by atoms with Crippen molar-refractivity contribution in [3.05, 3.63) is 35.5 Å². The highest BCUT2D eigenvalue weighted by molar-refractivity contribution is 5.91. The van der Waals surface area contributed by atoms with Crippen LogP contribution in [0.15, 0.2) is 22.7 Å². The topological polar surface area (TPSA) is 80.0 Å². The van der Waals surface area contributed by atoms with E-state index in [9.17, 15) is 4.79 Å². The van der Waals surface area contributed by atoms with Crippen molar-refractivity contribution in [2.45, 2.75) is 53.0 Å². The average molecular weight is 316 g/mol. The predicted molar refractivity (Wildman–Crippen MR) is 90.3 cm³/mol. The van der Waals surface area contributed by atoms with E-state index >= 15 is 0 Å². The van der Waals surface area contributed by atoms with E-state index in [1.165, 1.54) is 0 Å². The molecule has 0 aliphatic rings.